The minimum absolute atomic E-state index is 0.115. The molecule has 0 fully saturated rings. The summed E-state index contributed by atoms with van der Waals surface area (Å²) in [7, 11) is 0. The van der Waals surface area contributed by atoms with Crippen LogP contribution in [0, 0.1) is 0 Å². The van der Waals surface area contributed by atoms with Gasteiger partial charge in [0.15, 0.2) is 0 Å². The summed E-state index contributed by atoms with van der Waals surface area (Å²) in [5, 5.41) is 0. The molecule has 4 N–H and O–H groups in total. The first-order valence-electron chi connectivity index (χ1n) is 6.83. The van der Waals surface area contributed by atoms with Crippen LogP contribution in [0.5, 0.6) is 5.75 Å². The van der Waals surface area contributed by atoms with Crippen LogP contribution in [0.1, 0.15) is 44.7 Å². The van der Waals surface area contributed by atoms with Gasteiger partial charge in [0.1, 0.15) is 11.9 Å². The van der Waals surface area contributed by atoms with Crippen LogP contribution in [-0.2, 0) is 0 Å². The van der Waals surface area contributed by atoms with E-state index in [1.807, 2.05) is 19.1 Å². The zero-order valence-electron chi connectivity index (χ0n) is 11.9. The van der Waals surface area contributed by atoms with E-state index in [9.17, 15) is 9.59 Å². The highest BCUT2D eigenvalue weighted by molar-refractivity contribution is 6.01. The van der Waals surface area contributed by atoms with E-state index in [1.165, 1.54) is 6.07 Å². The van der Waals surface area contributed by atoms with Crippen molar-refractivity contribution in [1.29, 1.82) is 0 Å². The minimum atomic E-state index is -0.651. The number of hydrogen-bond donors (Lipinski definition) is 2. The average molecular weight is 297 g/mol. The number of ether oxygens (including phenoxy) is 1. The average Bonchev–Trinajstić information content (AvgIpc) is 2.82. The standard InChI is InChI=1S/C16H15N3O3/c1-8-13(9-2-4-19-5-3-9)11-6-10(15(17)20)7-12(16(18)21)14(11)22-8/h2-8,13H,1H3,(H2,17,20)(H2,18,21). The van der Waals surface area contributed by atoms with E-state index in [4.69, 9.17) is 16.2 Å². The fraction of sp³-hybridized carbons (Fsp3) is 0.188. The maximum atomic E-state index is 11.7. The number of nitrogens with two attached hydrogens (primary N) is 2. The third-order valence-corrected chi connectivity index (χ3v) is 3.84. The van der Waals surface area contributed by atoms with Crippen LogP contribution in [0.2, 0.25) is 0 Å². The number of primary amides is 2. The molecule has 1 aliphatic rings. The number of pyridine rings is 1. The van der Waals surface area contributed by atoms with Crippen molar-refractivity contribution in [2.45, 2.75) is 18.9 Å². The van der Waals surface area contributed by atoms with Gasteiger partial charge in [-0.1, -0.05) is 0 Å². The topological polar surface area (TPSA) is 108 Å². The van der Waals surface area contributed by atoms with Crippen molar-refractivity contribution >= 4 is 11.8 Å². The molecule has 6 heteroatoms. The zero-order chi connectivity index (χ0) is 15.9. The van der Waals surface area contributed by atoms with Gasteiger partial charge in [-0.15, -0.1) is 0 Å². The van der Waals surface area contributed by atoms with Crippen molar-refractivity contribution in [3.63, 3.8) is 0 Å². The van der Waals surface area contributed by atoms with E-state index < -0.39 is 11.8 Å². The first kappa shape index (κ1) is 14.1. The maximum absolute atomic E-state index is 11.7. The molecule has 1 aromatic carbocycles. The van der Waals surface area contributed by atoms with Gasteiger partial charge in [0.05, 0.1) is 5.56 Å². The Morgan fingerprint density at radius 1 is 1.14 bits per heavy atom. The van der Waals surface area contributed by atoms with Gasteiger partial charge in [0.2, 0.25) is 5.91 Å². The predicted molar refractivity (Wildman–Crippen MR) is 79.6 cm³/mol. The number of hydrogen-bond acceptors (Lipinski definition) is 4. The van der Waals surface area contributed by atoms with Crippen molar-refractivity contribution in [3.05, 3.63) is 58.9 Å². The molecule has 0 saturated heterocycles. The molecule has 2 heterocycles. The first-order chi connectivity index (χ1) is 10.5. The molecule has 0 aliphatic carbocycles. The monoisotopic (exact) mass is 297 g/mol. The van der Waals surface area contributed by atoms with Crippen LogP contribution in [0.3, 0.4) is 0 Å². The molecule has 0 saturated carbocycles. The van der Waals surface area contributed by atoms with Crippen molar-refractivity contribution < 1.29 is 14.3 Å². The lowest BCUT2D eigenvalue weighted by molar-refractivity contribution is 0.0995. The van der Waals surface area contributed by atoms with E-state index in [0.29, 0.717) is 5.75 Å². The second kappa shape index (κ2) is 5.14. The molecular formula is C16H15N3O3. The largest absolute Gasteiger partial charge is 0.489 e. The van der Waals surface area contributed by atoms with Gasteiger partial charge in [0.25, 0.3) is 5.91 Å². The smallest absolute Gasteiger partial charge is 0.252 e. The molecule has 2 atom stereocenters. The van der Waals surface area contributed by atoms with Crippen molar-refractivity contribution in [3.8, 4) is 5.75 Å². The van der Waals surface area contributed by atoms with Crippen molar-refractivity contribution in [1.82, 2.24) is 4.98 Å². The van der Waals surface area contributed by atoms with E-state index in [1.54, 1.807) is 18.5 Å². The van der Waals surface area contributed by atoms with Crippen LogP contribution in [0.4, 0.5) is 0 Å². The molecule has 3 rings (SSSR count). The van der Waals surface area contributed by atoms with E-state index in [-0.39, 0.29) is 23.1 Å². The highest BCUT2D eigenvalue weighted by Gasteiger charge is 2.36. The van der Waals surface area contributed by atoms with Crippen molar-refractivity contribution in [2.24, 2.45) is 11.5 Å². The SMILES string of the molecule is CC1Oc2c(C(N)=O)cc(C(N)=O)cc2C1c1ccncc1. The fourth-order valence-electron chi connectivity index (χ4n) is 2.87. The number of nitrogens with zero attached hydrogens (tertiary/aromatic N) is 1. The summed E-state index contributed by atoms with van der Waals surface area (Å²) < 4.78 is 5.83. The Hall–Kier alpha value is -2.89. The second-order valence-electron chi connectivity index (χ2n) is 5.25. The predicted octanol–water partition coefficient (Wildman–Crippen LogP) is 1.19. The fourth-order valence-corrected chi connectivity index (χ4v) is 2.87. The van der Waals surface area contributed by atoms with Gasteiger partial charge in [0, 0.05) is 29.4 Å². The molecule has 1 aliphatic heterocycles. The highest BCUT2D eigenvalue weighted by atomic mass is 16.5. The van der Waals surface area contributed by atoms with Gasteiger partial charge in [-0.2, -0.15) is 0 Å². The maximum Gasteiger partial charge on any atom is 0.252 e. The normalized spacial score (nSPS) is 19.3. The third-order valence-electron chi connectivity index (χ3n) is 3.84. The Balaban J connectivity index is 2.22. The lowest BCUT2D eigenvalue weighted by Gasteiger charge is -2.15. The molecule has 1 aromatic heterocycles. The number of benzene rings is 1. The quantitative estimate of drug-likeness (QED) is 0.887. The number of amides is 2. The van der Waals surface area contributed by atoms with Crippen LogP contribution in [-0.4, -0.2) is 22.9 Å². The molecular weight excluding hydrogens is 282 g/mol. The van der Waals surface area contributed by atoms with E-state index >= 15 is 0 Å². The first-order valence-corrected chi connectivity index (χ1v) is 6.83. The number of aromatic nitrogens is 1. The second-order valence-corrected chi connectivity index (χ2v) is 5.25. The lowest BCUT2D eigenvalue weighted by atomic mass is 9.87. The van der Waals surface area contributed by atoms with Gasteiger partial charge in [-0.05, 0) is 36.8 Å². The Labute approximate surface area is 127 Å². The Bertz CT molecular complexity index is 759. The lowest BCUT2D eigenvalue weighted by Crippen LogP contribution is -2.16. The Kier molecular flexibility index (Phi) is 3.29. The highest BCUT2D eigenvalue weighted by Crippen LogP contribution is 2.44. The summed E-state index contributed by atoms with van der Waals surface area (Å²) in [5.41, 5.74) is 12.9. The number of rotatable bonds is 3. The molecule has 2 amide bonds. The Morgan fingerprint density at radius 3 is 2.41 bits per heavy atom. The van der Waals surface area contributed by atoms with Gasteiger partial charge in [-0.3, -0.25) is 14.6 Å². The molecule has 22 heavy (non-hydrogen) atoms. The van der Waals surface area contributed by atoms with Crippen LogP contribution < -0.4 is 16.2 Å². The zero-order valence-corrected chi connectivity index (χ0v) is 11.9. The van der Waals surface area contributed by atoms with Crippen LogP contribution in [0.25, 0.3) is 0 Å². The summed E-state index contributed by atoms with van der Waals surface area (Å²) in [6.07, 6.45) is 3.18. The molecule has 0 spiro atoms. The molecule has 2 aromatic rings. The summed E-state index contributed by atoms with van der Waals surface area (Å²) in [6, 6.07) is 6.80. The van der Waals surface area contributed by atoms with Crippen LogP contribution >= 0.6 is 0 Å². The van der Waals surface area contributed by atoms with E-state index in [0.717, 1.165) is 11.1 Å². The van der Waals surface area contributed by atoms with E-state index in [2.05, 4.69) is 4.98 Å². The third kappa shape index (κ3) is 2.18. The van der Waals surface area contributed by atoms with Gasteiger partial charge >= 0.3 is 0 Å². The molecule has 112 valence electrons. The minimum Gasteiger partial charge on any atom is -0.489 e. The summed E-state index contributed by atoms with van der Waals surface area (Å²) in [4.78, 5) is 27.2. The van der Waals surface area contributed by atoms with Gasteiger partial charge < -0.3 is 16.2 Å². The molecule has 6 nitrogen and oxygen atoms in total. The van der Waals surface area contributed by atoms with Crippen LogP contribution in [0.15, 0.2) is 36.7 Å². The van der Waals surface area contributed by atoms with Crippen molar-refractivity contribution in [2.75, 3.05) is 0 Å². The molecule has 2 unspecified atom stereocenters. The molecule has 0 radical (unpaired) electrons. The number of carbonyl (C=O) groups is 2. The molecule has 0 bridgehead atoms. The van der Waals surface area contributed by atoms with Gasteiger partial charge in [-0.25, -0.2) is 0 Å². The number of carbonyl (C=O) groups excluding carboxylic acids is 2. The summed E-state index contributed by atoms with van der Waals surface area (Å²) in [5.74, 6) is -0.956. The number of fused-ring (bicyclic) bond motifs is 1. The Morgan fingerprint density at radius 2 is 1.82 bits per heavy atom. The summed E-state index contributed by atoms with van der Waals surface area (Å²) in [6.45, 7) is 1.90. The summed E-state index contributed by atoms with van der Waals surface area (Å²) >= 11 is 0.